The minimum Gasteiger partial charge on any atom is -0.475 e. The number of ether oxygens (including phenoxy) is 2. The molecule has 0 radical (unpaired) electrons. The molecule has 1 saturated heterocycles. The Morgan fingerprint density at radius 3 is 2.66 bits per heavy atom. The summed E-state index contributed by atoms with van der Waals surface area (Å²) in [7, 11) is 0. The summed E-state index contributed by atoms with van der Waals surface area (Å²) in [5.41, 5.74) is 3.25. The maximum absolute atomic E-state index is 13.0. The zero-order valence-electron chi connectivity index (χ0n) is 19.1. The molecule has 2 fully saturated rings. The van der Waals surface area contributed by atoms with Crippen molar-refractivity contribution in [1.82, 2.24) is 15.2 Å². The van der Waals surface area contributed by atoms with Gasteiger partial charge in [-0.3, -0.25) is 9.59 Å². The lowest BCUT2D eigenvalue weighted by atomic mass is 10.1. The number of rotatable bonds is 9. The fourth-order valence-electron chi connectivity index (χ4n) is 3.67. The third kappa shape index (κ3) is 5.70. The quantitative estimate of drug-likeness (QED) is 0.441. The summed E-state index contributed by atoms with van der Waals surface area (Å²) in [6, 6.07) is 16.8. The monoisotopic (exact) mass is 490 g/mol. The van der Waals surface area contributed by atoms with Gasteiger partial charge in [0.25, 0.3) is 11.8 Å². The van der Waals surface area contributed by atoms with E-state index in [0.29, 0.717) is 29.2 Å². The maximum atomic E-state index is 13.0. The number of carbonyl (C=O) groups is 2. The fourth-order valence-corrected chi connectivity index (χ4v) is 4.39. The number of hydrogen-bond acceptors (Lipinski definition) is 7. The molecule has 1 atom stereocenters. The Morgan fingerprint density at radius 2 is 1.91 bits per heavy atom. The second kappa shape index (κ2) is 10.3. The van der Waals surface area contributed by atoms with Crippen LogP contribution in [0.15, 0.2) is 72.4 Å². The molecule has 2 aromatic carbocycles. The van der Waals surface area contributed by atoms with Crippen LogP contribution in [0.5, 0.6) is 0 Å². The van der Waals surface area contributed by atoms with Gasteiger partial charge in [-0.15, -0.1) is 11.3 Å². The summed E-state index contributed by atoms with van der Waals surface area (Å²) in [4.78, 5) is 31.4. The van der Waals surface area contributed by atoms with Crippen LogP contribution >= 0.6 is 11.3 Å². The van der Waals surface area contributed by atoms with Crippen molar-refractivity contribution in [3.63, 3.8) is 0 Å². The van der Waals surface area contributed by atoms with Crippen molar-refractivity contribution in [2.45, 2.75) is 31.5 Å². The molecule has 8 nitrogen and oxygen atoms in total. The van der Waals surface area contributed by atoms with Gasteiger partial charge in [-0.05, 0) is 37.1 Å². The van der Waals surface area contributed by atoms with E-state index in [9.17, 15) is 9.59 Å². The Kier molecular flexibility index (Phi) is 6.78. The van der Waals surface area contributed by atoms with Gasteiger partial charge >= 0.3 is 0 Å². The minimum absolute atomic E-state index is 0.0528. The third-order valence-corrected chi connectivity index (χ3v) is 6.60. The maximum Gasteiger partial charge on any atom is 0.251 e. The average Bonchev–Trinajstić information content (AvgIpc) is 3.35. The van der Waals surface area contributed by atoms with Gasteiger partial charge in [0.05, 0.1) is 12.3 Å². The van der Waals surface area contributed by atoms with E-state index in [1.165, 1.54) is 11.3 Å². The molecule has 180 valence electrons. The van der Waals surface area contributed by atoms with Crippen LogP contribution in [0, 0.1) is 0 Å². The van der Waals surface area contributed by atoms with Gasteiger partial charge in [0.15, 0.2) is 11.0 Å². The SMILES string of the molecule is C=C(OCc1ccccc1)N1COCC1C(=O)Nc1nc(-c2ccc(C(=O)NC3CC3)cc2)cs1. The molecule has 35 heavy (non-hydrogen) atoms. The van der Waals surface area contributed by atoms with Crippen LogP contribution in [0.25, 0.3) is 11.3 Å². The summed E-state index contributed by atoms with van der Waals surface area (Å²) in [5, 5.41) is 8.22. The number of nitrogens with zero attached hydrogens (tertiary/aromatic N) is 2. The summed E-state index contributed by atoms with van der Waals surface area (Å²) >= 11 is 1.34. The van der Waals surface area contributed by atoms with Crippen LogP contribution in [-0.2, 0) is 20.9 Å². The number of carbonyl (C=O) groups excluding carboxylic acids is 2. The zero-order valence-corrected chi connectivity index (χ0v) is 19.9. The molecule has 1 aliphatic carbocycles. The number of nitrogens with one attached hydrogen (secondary N) is 2. The van der Waals surface area contributed by atoms with E-state index in [4.69, 9.17) is 9.47 Å². The van der Waals surface area contributed by atoms with E-state index in [0.717, 1.165) is 29.7 Å². The summed E-state index contributed by atoms with van der Waals surface area (Å²) < 4.78 is 11.3. The van der Waals surface area contributed by atoms with E-state index in [1.54, 1.807) is 17.0 Å². The van der Waals surface area contributed by atoms with Gasteiger partial charge in [0, 0.05) is 22.5 Å². The van der Waals surface area contributed by atoms with E-state index in [1.807, 2.05) is 47.8 Å². The molecule has 5 rings (SSSR count). The number of aromatic nitrogens is 1. The predicted octanol–water partition coefficient (Wildman–Crippen LogP) is 3.99. The molecule has 2 aliphatic rings. The molecule has 1 saturated carbocycles. The smallest absolute Gasteiger partial charge is 0.251 e. The fraction of sp³-hybridized carbons (Fsp3) is 0.269. The topological polar surface area (TPSA) is 92.8 Å². The molecular weight excluding hydrogens is 464 g/mol. The Bertz CT molecular complexity index is 1210. The summed E-state index contributed by atoms with van der Waals surface area (Å²) in [5.74, 6) is 0.0973. The lowest BCUT2D eigenvalue weighted by Gasteiger charge is -2.25. The minimum atomic E-state index is -0.560. The van der Waals surface area contributed by atoms with Gasteiger partial charge in [-0.1, -0.05) is 42.5 Å². The summed E-state index contributed by atoms with van der Waals surface area (Å²) in [6.45, 7) is 4.81. The first-order valence-electron chi connectivity index (χ1n) is 11.4. The molecule has 1 aromatic heterocycles. The van der Waals surface area contributed by atoms with Crippen LogP contribution in [0.4, 0.5) is 5.13 Å². The van der Waals surface area contributed by atoms with E-state index >= 15 is 0 Å². The lowest BCUT2D eigenvalue weighted by Crippen LogP contribution is -2.41. The highest BCUT2D eigenvalue weighted by Crippen LogP contribution is 2.27. The Hall–Kier alpha value is -3.69. The second-order valence-corrected chi connectivity index (χ2v) is 9.36. The number of hydrogen-bond donors (Lipinski definition) is 2. The highest BCUT2D eigenvalue weighted by atomic mass is 32.1. The number of anilines is 1. The first-order chi connectivity index (χ1) is 17.1. The summed E-state index contributed by atoms with van der Waals surface area (Å²) in [6.07, 6.45) is 2.10. The predicted molar refractivity (Wildman–Crippen MR) is 133 cm³/mol. The van der Waals surface area contributed by atoms with Crippen molar-refractivity contribution in [2.24, 2.45) is 0 Å². The molecule has 0 spiro atoms. The number of amides is 2. The van der Waals surface area contributed by atoms with E-state index in [2.05, 4.69) is 22.2 Å². The van der Waals surface area contributed by atoms with Crippen molar-refractivity contribution in [3.8, 4) is 11.3 Å². The van der Waals surface area contributed by atoms with Crippen molar-refractivity contribution in [1.29, 1.82) is 0 Å². The molecule has 3 aromatic rings. The van der Waals surface area contributed by atoms with Crippen LogP contribution in [0.3, 0.4) is 0 Å². The van der Waals surface area contributed by atoms with Crippen molar-refractivity contribution >= 4 is 28.3 Å². The van der Waals surface area contributed by atoms with Gasteiger partial charge in [-0.2, -0.15) is 0 Å². The molecule has 2 heterocycles. The Balaban J connectivity index is 1.17. The number of thiazole rings is 1. The Morgan fingerprint density at radius 1 is 1.14 bits per heavy atom. The van der Waals surface area contributed by atoms with Crippen molar-refractivity contribution in [3.05, 3.63) is 83.6 Å². The molecule has 1 unspecified atom stereocenters. The highest BCUT2D eigenvalue weighted by molar-refractivity contribution is 7.14. The largest absolute Gasteiger partial charge is 0.475 e. The molecule has 2 amide bonds. The molecular formula is C26H26N4O4S. The second-order valence-electron chi connectivity index (χ2n) is 8.51. The molecule has 0 bridgehead atoms. The van der Waals surface area contributed by atoms with Crippen LogP contribution < -0.4 is 10.6 Å². The zero-order chi connectivity index (χ0) is 24.2. The van der Waals surface area contributed by atoms with Crippen LogP contribution in [-0.4, -0.2) is 47.1 Å². The Labute approximate surface area is 207 Å². The van der Waals surface area contributed by atoms with Gasteiger partial charge < -0.3 is 25.0 Å². The van der Waals surface area contributed by atoms with Crippen molar-refractivity contribution in [2.75, 3.05) is 18.7 Å². The molecule has 2 N–H and O–H groups in total. The van der Waals surface area contributed by atoms with Crippen LogP contribution in [0.1, 0.15) is 28.8 Å². The van der Waals surface area contributed by atoms with E-state index < -0.39 is 6.04 Å². The molecule has 9 heteroatoms. The number of benzene rings is 2. The highest BCUT2D eigenvalue weighted by Gasteiger charge is 2.34. The lowest BCUT2D eigenvalue weighted by molar-refractivity contribution is -0.120. The third-order valence-electron chi connectivity index (χ3n) is 5.84. The van der Waals surface area contributed by atoms with Gasteiger partial charge in [-0.25, -0.2) is 4.98 Å². The first kappa shape index (κ1) is 23.1. The van der Waals surface area contributed by atoms with E-state index in [-0.39, 0.29) is 25.2 Å². The average molecular weight is 491 g/mol. The van der Waals surface area contributed by atoms with Crippen molar-refractivity contribution < 1.29 is 19.1 Å². The molecule has 1 aliphatic heterocycles. The van der Waals surface area contributed by atoms with Gasteiger partial charge in [0.1, 0.15) is 19.4 Å². The first-order valence-corrected chi connectivity index (χ1v) is 12.3. The standard InChI is InChI=1S/C26H26N4O4S/c1-17(34-13-18-5-3-2-4-6-18)30-16-33-14-23(30)25(32)29-26-28-22(15-35-26)19-7-9-20(10-8-19)24(31)27-21-11-12-21/h2-10,15,21,23H,1,11-14,16H2,(H,27,31)(H,28,29,32). The normalized spacial score (nSPS) is 17.1. The van der Waals surface area contributed by atoms with Gasteiger partial charge in [0.2, 0.25) is 0 Å². The van der Waals surface area contributed by atoms with Crippen LogP contribution in [0.2, 0.25) is 0 Å².